The molecule has 1 saturated heterocycles. The molecular weight excluding hydrogens is 518 g/mol. The van der Waals surface area contributed by atoms with Gasteiger partial charge in [-0.2, -0.15) is 5.10 Å². The zero-order valence-corrected chi connectivity index (χ0v) is 22.2. The first-order chi connectivity index (χ1) is 19.2. The van der Waals surface area contributed by atoms with E-state index in [1.54, 1.807) is 42.1 Å². The van der Waals surface area contributed by atoms with Crippen molar-refractivity contribution in [3.05, 3.63) is 82.4 Å². The lowest BCUT2D eigenvalue weighted by molar-refractivity contribution is -0.137. The first kappa shape index (κ1) is 27.6. The molecule has 3 heterocycles. The molecule has 40 heavy (non-hydrogen) atoms. The van der Waals surface area contributed by atoms with E-state index in [0.717, 1.165) is 11.1 Å². The number of piperidine rings is 1. The molecule has 1 amide bonds. The number of benzene rings is 2. The Bertz CT molecular complexity index is 1540. The van der Waals surface area contributed by atoms with E-state index in [9.17, 15) is 23.5 Å². The van der Waals surface area contributed by atoms with Crippen LogP contribution in [0.2, 0.25) is 0 Å². The van der Waals surface area contributed by atoms with Crippen LogP contribution in [0, 0.1) is 0 Å². The second kappa shape index (κ2) is 11.3. The molecular formula is C29H32F2N6O3. The smallest absolute Gasteiger partial charge is 0.281 e. The Morgan fingerprint density at radius 2 is 1.75 bits per heavy atom. The number of nitrogens with two attached hydrogens (primary N) is 1. The molecule has 0 saturated carbocycles. The van der Waals surface area contributed by atoms with Crippen LogP contribution in [0.1, 0.15) is 36.3 Å². The zero-order chi connectivity index (χ0) is 28.4. The predicted molar refractivity (Wildman–Crippen MR) is 147 cm³/mol. The highest BCUT2D eigenvalue weighted by Crippen LogP contribution is 2.30. The highest BCUT2D eigenvalue weighted by Gasteiger charge is 2.36. The van der Waals surface area contributed by atoms with Crippen molar-refractivity contribution in [2.24, 2.45) is 12.8 Å². The summed E-state index contributed by atoms with van der Waals surface area (Å²) in [5.74, 6) is -1.57. The van der Waals surface area contributed by atoms with E-state index in [2.05, 4.69) is 10.1 Å². The van der Waals surface area contributed by atoms with Crippen LogP contribution in [0.15, 0.2) is 65.7 Å². The van der Waals surface area contributed by atoms with Gasteiger partial charge >= 0.3 is 0 Å². The lowest BCUT2D eigenvalue weighted by Gasteiger charge is -2.38. The molecule has 3 N–H and O–H groups in total. The van der Waals surface area contributed by atoms with Crippen LogP contribution in [0.5, 0.6) is 0 Å². The van der Waals surface area contributed by atoms with E-state index >= 15 is 0 Å². The van der Waals surface area contributed by atoms with Gasteiger partial charge in [0.15, 0.2) is 5.52 Å². The first-order valence-corrected chi connectivity index (χ1v) is 13.2. The average molecular weight is 551 g/mol. The number of likely N-dealkylation sites (tertiary alicyclic amines) is 1. The number of aromatic nitrogens is 4. The minimum atomic E-state index is -2.67. The minimum Gasteiger partial charge on any atom is -0.388 e. The molecule has 5 rings (SSSR count). The van der Waals surface area contributed by atoms with E-state index in [-0.39, 0.29) is 55.9 Å². The largest absolute Gasteiger partial charge is 0.388 e. The lowest BCUT2D eigenvalue weighted by Crippen LogP contribution is -2.50. The number of rotatable bonds is 8. The summed E-state index contributed by atoms with van der Waals surface area (Å²) >= 11 is 0. The van der Waals surface area contributed by atoms with E-state index in [1.807, 2.05) is 24.3 Å². The Hall–Kier alpha value is -3.96. The second-order valence-electron chi connectivity index (χ2n) is 10.4. The van der Waals surface area contributed by atoms with Crippen LogP contribution in [0.3, 0.4) is 0 Å². The van der Waals surface area contributed by atoms with Crippen LogP contribution in [-0.2, 0) is 24.9 Å². The molecule has 210 valence electrons. The van der Waals surface area contributed by atoms with Crippen molar-refractivity contribution in [2.75, 3.05) is 13.1 Å². The highest BCUT2D eigenvalue weighted by atomic mass is 19.3. The molecule has 1 fully saturated rings. The van der Waals surface area contributed by atoms with E-state index in [1.165, 1.54) is 15.8 Å². The molecule has 4 aromatic rings. The van der Waals surface area contributed by atoms with Crippen LogP contribution in [0.25, 0.3) is 22.3 Å². The average Bonchev–Trinajstić information content (AvgIpc) is 3.30. The van der Waals surface area contributed by atoms with Gasteiger partial charge in [-0.15, -0.1) is 0 Å². The molecule has 0 spiro atoms. The van der Waals surface area contributed by atoms with Crippen molar-refractivity contribution in [3.8, 4) is 11.3 Å². The number of carbonyl (C=O) groups is 1. The highest BCUT2D eigenvalue weighted by molar-refractivity contribution is 5.89. The number of aryl methyl sites for hydroxylation is 1. The van der Waals surface area contributed by atoms with Crippen molar-refractivity contribution in [1.82, 2.24) is 24.2 Å². The Labute approximate surface area is 229 Å². The van der Waals surface area contributed by atoms with E-state index in [0.29, 0.717) is 23.3 Å². The Balaban J connectivity index is 1.28. The lowest BCUT2D eigenvalue weighted by atomic mass is 9.90. The number of carbonyl (C=O) groups excluding carboxylic acids is 1. The topological polar surface area (TPSA) is 119 Å². The minimum absolute atomic E-state index is 0.0163. The van der Waals surface area contributed by atoms with Gasteiger partial charge in [-0.3, -0.25) is 18.8 Å². The maximum absolute atomic E-state index is 13.7. The molecule has 0 radical (unpaired) electrons. The summed E-state index contributed by atoms with van der Waals surface area (Å²) in [5, 5.41) is 15.7. The predicted octanol–water partition coefficient (Wildman–Crippen LogP) is 3.05. The van der Waals surface area contributed by atoms with Crippen LogP contribution < -0.4 is 11.3 Å². The van der Waals surface area contributed by atoms with Gasteiger partial charge in [-0.1, -0.05) is 54.6 Å². The van der Waals surface area contributed by atoms with Crippen molar-refractivity contribution in [1.29, 1.82) is 0 Å². The van der Waals surface area contributed by atoms with Gasteiger partial charge in [-0.25, -0.2) is 13.8 Å². The number of hydrogen-bond acceptors (Lipinski definition) is 6. The molecule has 1 aliphatic rings. The van der Waals surface area contributed by atoms with Gasteiger partial charge in [-0.05, 0) is 24.0 Å². The van der Waals surface area contributed by atoms with Gasteiger partial charge in [0.2, 0.25) is 12.3 Å². The van der Waals surface area contributed by atoms with Gasteiger partial charge in [0.05, 0.1) is 30.1 Å². The van der Waals surface area contributed by atoms with Crippen molar-refractivity contribution in [2.45, 2.75) is 50.3 Å². The fourth-order valence-corrected chi connectivity index (χ4v) is 5.35. The quantitative estimate of drug-likeness (QED) is 0.348. The SMILES string of the molecule is Cn1nc2c(=O)n(CC3(O)CCN(C(=O)CC(c4ccccc4)C(F)F)CC3)cnc2c1-c1ccc(CN)cc1. The number of nitrogens with zero attached hydrogens (tertiary/aromatic N) is 5. The number of aliphatic hydroxyl groups is 1. The number of amides is 1. The first-order valence-electron chi connectivity index (χ1n) is 13.2. The monoisotopic (exact) mass is 550 g/mol. The van der Waals surface area contributed by atoms with Crippen LogP contribution in [-0.4, -0.2) is 60.4 Å². The molecule has 0 bridgehead atoms. The fraction of sp³-hybridized carbons (Fsp3) is 0.379. The van der Waals surface area contributed by atoms with Crippen LogP contribution in [0.4, 0.5) is 8.78 Å². The van der Waals surface area contributed by atoms with Crippen molar-refractivity contribution >= 4 is 16.9 Å². The molecule has 11 heteroatoms. The van der Waals surface area contributed by atoms with E-state index < -0.39 is 17.9 Å². The number of fused-ring (bicyclic) bond motifs is 1. The number of alkyl halides is 2. The summed E-state index contributed by atoms with van der Waals surface area (Å²) in [5.41, 5.74) is 7.68. The summed E-state index contributed by atoms with van der Waals surface area (Å²) in [6, 6.07) is 15.9. The third-order valence-electron chi connectivity index (χ3n) is 7.71. The third kappa shape index (κ3) is 5.52. The van der Waals surface area contributed by atoms with Crippen molar-refractivity contribution < 1.29 is 18.7 Å². The summed E-state index contributed by atoms with van der Waals surface area (Å²) in [6.45, 7) is 0.819. The molecule has 2 aromatic carbocycles. The zero-order valence-electron chi connectivity index (χ0n) is 22.2. The third-order valence-corrected chi connectivity index (χ3v) is 7.71. The Morgan fingerprint density at radius 1 is 1.07 bits per heavy atom. The second-order valence-corrected chi connectivity index (χ2v) is 10.4. The van der Waals surface area contributed by atoms with E-state index in [4.69, 9.17) is 5.73 Å². The summed E-state index contributed by atoms with van der Waals surface area (Å²) < 4.78 is 30.4. The number of hydrogen-bond donors (Lipinski definition) is 2. The maximum atomic E-state index is 13.7. The fourth-order valence-electron chi connectivity index (χ4n) is 5.35. The summed E-state index contributed by atoms with van der Waals surface area (Å²) in [4.78, 5) is 32.2. The van der Waals surface area contributed by atoms with Gasteiger partial charge in [0.25, 0.3) is 5.56 Å². The van der Waals surface area contributed by atoms with Gasteiger partial charge in [0.1, 0.15) is 5.52 Å². The van der Waals surface area contributed by atoms with Crippen molar-refractivity contribution in [3.63, 3.8) is 0 Å². The molecule has 9 nitrogen and oxygen atoms in total. The summed E-state index contributed by atoms with van der Waals surface area (Å²) in [6.07, 6.45) is -1.16. The molecule has 1 atom stereocenters. The van der Waals surface area contributed by atoms with Gasteiger partial charge in [0, 0.05) is 38.7 Å². The molecule has 2 aromatic heterocycles. The Morgan fingerprint density at radius 3 is 2.38 bits per heavy atom. The van der Waals surface area contributed by atoms with Crippen LogP contribution >= 0.6 is 0 Å². The standard InChI is InChI=1S/C29H32F2N6O3/c1-35-26(21-9-7-19(16-32)8-10-21)24-25(34-35)28(39)37(18-33-24)17-29(40)11-13-36(14-12-29)23(38)15-22(27(30)31)20-5-3-2-4-6-20/h2-10,18,22,27,40H,11-17,32H2,1H3. The Kier molecular flexibility index (Phi) is 7.77. The maximum Gasteiger partial charge on any atom is 0.281 e. The number of halogens is 2. The normalized spacial score (nSPS) is 16.0. The molecule has 1 aliphatic heterocycles. The van der Waals surface area contributed by atoms with Gasteiger partial charge < -0.3 is 15.7 Å². The molecule has 1 unspecified atom stereocenters. The summed E-state index contributed by atoms with van der Waals surface area (Å²) in [7, 11) is 1.74. The molecule has 0 aliphatic carbocycles.